The van der Waals surface area contributed by atoms with Crippen molar-refractivity contribution < 1.29 is 9.72 Å². The van der Waals surface area contributed by atoms with Crippen LogP contribution in [0.2, 0.25) is 0 Å². The van der Waals surface area contributed by atoms with Crippen LogP contribution in [-0.4, -0.2) is 15.8 Å². The van der Waals surface area contributed by atoms with Crippen LogP contribution in [0.15, 0.2) is 53.1 Å². The highest BCUT2D eigenvalue weighted by molar-refractivity contribution is 9.10. The number of hydrogen-bond donors (Lipinski definition) is 0. The summed E-state index contributed by atoms with van der Waals surface area (Å²) in [5.41, 5.74) is 2.51. The smallest absolute Gasteiger partial charge is 0.270 e. The van der Waals surface area contributed by atoms with Crippen molar-refractivity contribution in [2.24, 2.45) is 0 Å². The van der Waals surface area contributed by atoms with Crippen LogP contribution in [-0.2, 0) is 4.79 Å². The van der Waals surface area contributed by atoms with Crippen molar-refractivity contribution in [3.63, 3.8) is 0 Å². The molecule has 0 saturated heterocycles. The molecule has 0 bridgehead atoms. The van der Waals surface area contributed by atoms with Crippen LogP contribution in [0.4, 0.5) is 17.1 Å². The Kier molecular flexibility index (Phi) is 4.50. The number of carbonyl (C=O) groups is 1. The minimum Gasteiger partial charge on any atom is -0.281 e. The van der Waals surface area contributed by atoms with Crippen LogP contribution in [0, 0.1) is 17.0 Å². The van der Waals surface area contributed by atoms with E-state index in [0.717, 1.165) is 4.47 Å². The molecule has 0 radical (unpaired) electrons. The molecule has 1 amide bonds. The van der Waals surface area contributed by atoms with Crippen molar-refractivity contribution in [3.8, 4) is 0 Å². The van der Waals surface area contributed by atoms with Crippen molar-refractivity contribution in [1.29, 1.82) is 0 Å². The quantitative estimate of drug-likeness (QED) is 0.463. The van der Waals surface area contributed by atoms with Crippen molar-refractivity contribution >= 4 is 49.8 Å². The molecule has 6 nitrogen and oxygen atoms in total. The second-order valence-electron chi connectivity index (χ2n) is 5.58. The van der Waals surface area contributed by atoms with Gasteiger partial charge in [-0.1, -0.05) is 22.0 Å². The monoisotopic (exact) mass is 399 g/mol. The number of anilines is 2. The first kappa shape index (κ1) is 17.0. The van der Waals surface area contributed by atoms with Crippen LogP contribution in [0.25, 0.3) is 10.9 Å². The molecule has 7 heteroatoms. The number of nitro groups is 1. The van der Waals surface area contributed by atoms with Gasteiger partial charge in [0.1, 0.15) is 0 Å². The molecule has 1 heterocycles. The molecule has 0 spiro atoms. The number of nitrogens with zero attached hydrogens (tertiary/aromatic N) is 3. The first-order valence-corrected chi connectivity index (χ1v) is 8.28. The van der Waals surface area contributed by atoms with Gasteiger partial charge in [-0.05, 0) is 36.8 Å². The number of aromatic nitrogens is 1. The molecule has 0 aliphatic carbocycles. The standard InChI is InChI=1S/C18H14BrN3O3/c1-11-8-15(22(24)25)10-16-17(6-7-20-18(11)16)21(12(2)23)14-5-3-4-13(19)9-14/h3-10H,1-2H3. The van der Waals surface area contributed by atoms with Crippen LogP contribution < -0.4 is 4.90 Å². The largest absolute Gasteiger partial charge is 0.281 e. The van der Waals surface area contributed by atoms with Crippen molar-refractivity contribution in [3.05, 3.63) is 68.8 Å². The summed E-state index contributed by atoms with van der Waals surface area (Å²) < 4.78 is 0.830. The third-order valence-corrected chi connectivity index (χ3v) is 4.32. The Morgan fingerprint density at radius 2 is 2.00 bits per heavy atom. The zero-order chi connectivity index (χ0) is 18.1. The Labute approximate surface area is 152 Å². The lowest BCUT2D eigenvalue weighted by atomic mass is 10.1. The van der Waals surface area contributed by atoms with Gasteiger partial charge in [-0.2, -0.15) is 0 Å². The van der Waals surface area contributed by atoms with E-state index in [0.29, 0.717) is 27.8 Å². The fourth-order valence-corrected chi connectivity index (χ4v) is 3.19. The number of aryl methyl sites for hydroxylation is 1. The van der Waals surface area contributed by atoms with Gasteiger partial charge in [0.2, 0.25) is 5.91 Å². The van der Waals surface area contributed by atoms with E-state index in [9.17, 15) is 14.9 Å². The molecule has 0 unspecified atom stereocenters. The van der Waals surface area contributed by atoms with Crippen LogP contribution in [0.1, 0.15) is 12.5 Å². The second-order valence-corrected chi connectivity index (χ2v) is 6.50. The van der Waals surface area contributed by atoms with Gasteiger partial charge in [0, 0.05) is 35.1 Å². The van der Waals surface area contributed by atoms with Crippen LogP contribution in [0.3, 0.4) is 0 Å². The summed E-state index contributed by atoms with van der Waals surface area (Å²) in [5, 5.41) is 11.8. The maximum absolute atomic E-state index is 12.4. The van der Waals surface area contributed by atoms with Gasteiger partial charge in [-0.3, -0.25) is 24.8 Å². The van der Waals surface area contributed by atoms with E-state index in [2.05, 4.69) is 20.9 Å². The summed E-state index contributed by atoms with van der Waals surface area (Å²) in [6.45, 7) is 3.22. The summed E-state index contributed by atoms with van der Waals surface area (Å²) in [4.78, 5) is 29.0. The average molecular weight is 400 g/mol. The SMILES string of the molecule is CC(=O)N(c1cccc(Br)c1)c1ccnc2c(C)cc([N+](=O)[O-])cc12. The molecule has 126 valence electrons. The van der Waals surface area contributed by atoms with E-state index in [1.165, 1.54) is 24.0 Å². The van der Waals surface area contributed by atoms with Crippen LogP contribution >= 0.6 is 15.9 Å². The second kappa shape index (κ2) is 6.60. The summed E-state index contributed by atoms with van der Waals surface area (Å²) in [5.74, 6) is -0.199. The van der Waals surface area contributed by atoms with Crippen molar-refractivity contribution in [2.75, 3.05) is 4.90 Å². The summed E-state index contributed by atoms with van der Waals surface area (Å²) >= 11 is 3.40. The van der Waals surface area contributed by atoms with Crippen LogP contribution in [0.5, 0.6) is 0 Å². The van der Waals surface area contributed by atoms with E-state index in [4.69, 9.17) is 0 Å². The Morgan fingerprint density at radius 1 is 1.24 bits per heavy atom. The third kappa shape index (κ3) is 3.23. The Hall–Kier alpha value is -2.80. The normalized spacial score (nSPS) is 10.7. The highest BCUT2D eigenvalue weighted by Crippen LogP contribution is 2.35. The Bertz CT molecular complexity index is 1000. The van der Waals surface area contributed by atoms with E-state index in [1.807, 2.05) is 24.3 Å². The van der Waals surface area contributed by atoms with Gasteiger partial charge < -0.3 is 0 Å². The maximum Gasteiger partial charge on any atom is 0.270 e. The molecule has 25 heavy (non-hydrogen) atoms. The number of carbonyl (C=O) groups excluding carboxylic acids is 1. The number of rotatable bonds is 3. The molecule has 0 aliphatic heterocycles. The van der Waals surface area contributed by atoms with E-state index >= 15 is 0 Å². The van der Waals surface area contributed by atoms with Crippen molar-refractivity contribution in [1.82, 2.24) is 4.98 Å². The lowest BCUT2D eigenvalue weighted by molar-refractivity contribution is -0.384. The van der Waals surface area contributed by atoms with E-state index < -0.39 is 4.92 Å². The molecule has 3 aromatic rings. The number of benzene rings is 2. The zero-order valence-electron chi connectivity index (χ0n) is 13.6. The number of nitro benzene ring substituents is 1. The lowest BCUT2D eigenvalue weighted by Crippen LogP contribution is -2.23. The molecule has 3 rings (SSSR count). The highest BCUT2D eigenvalue weighted by atomic mass is 79.9. The first-order chi connectivity index (χ1) is 11.9. The topological polar surface area (TPSA) is 76.3 Å². The predicted molar refractivity (Wildman–Crippen MR) is 100 cm³/mol. The number of amides is 1. The number of non-ortho nitro benzene ring substituents is 1. The summed E-state index contributed by atoms with van der Waals surface area (Å²) in [7, 11) is 0. The predicted octanol–water partition coefficient (Wildman–Crippen LogP) is 4.90. The molecule has 2 aromatic carbocycles. The maximum atomic E-state index is 12.4. The molecule has 0 fully saturated rings. The minimum absolute atomic E-state index is 0.0306. The summed E-state index contributed by atoms with van der Waals surface area (Å²) in [6, 6.07) is 11.9. The van der Waals surface area contributed by atoms with Gasteiger partial charge in [-0.25, -0.2) is 0 Å². The number of hydrogen-bond acceptors (Lipinski definition) is 4. The minimum atomic E-state index is -0.444. The third-order valence-electron chi connectivity index (χ3n) is 3.83. The first-order valence-electron chi connectivity index (χ1n) is 7.48. The Morgan fingerprint density at radius 3 is 2.64 bits per heavy atom. The van der Waals surface area contributed by atoms with Gasteiger partial charge in [0.05, 0.1) is 21.8 Å². The summed E-state index contributed by atoms with van der Waals surface area (Å²) in [6.07, 6.45) is 1.60. The van der Waals surface area contributed by atoms with Gasteiger partial charge in [-0.15, -0.1) is 0 Å². The van der Waals surface area contributed by atoms with E-state index in [1.54, 1.807) is 19.2 Å². The molecule has 1 aromatic heterocycles. The fourth-order valence-electron chi connectivity index (χ4n) is 2.81. The molecule has 0 saturated carbocycles. The van der Waals surface area contributed by atoms with Gasteiger partial charge in [0.25, 0.3) is 5.69 Å². The highest BCUT2D eigenvalue weighted by Gasteiger charge is 2.20. The molecule has 0 N–H and O–H groups in total. The number of halogens is 1. The molecule has 0 aliphatic rings. The fraction of sp³-hybridized carbons (Fsp3) is 0.111. The van der Waals surface area contributed by atoms with Gasteiger partial charge in [0.15, 0.2) is 0 Å². The number of fused-ring (bicyclic) bond motifs is 1. The lowest BCUT2D eigenvalue weighted by Gasteiger charge is -2.23. The molecular formula is C18H14BrN3O3. The van der Waals surface area contributed by atoms with Crippen molar-refractivity contribution in [2.45, 2.75) is 13.8 Å². The number of pyridine rings is 1. The van der Waals surface area contributed by atoms with Gasteiger partial charge >= 0.3 is 0 Å². The van der Waals surface area contributed by atoms with E-state index in [-0.39, 0.29) is 11.6 Å². The molecular weight excluding hydrogens is 386 g/mol. The Balaban J connectivity index is 2.31. The zero-order valence-corrected chi connectivity index (χ0v) is 15.1. The average Bonchev–Trinajstić information content (AvgIpc) is 2.55. The molecule has 0 atom stereocenters.